The van der Waals surface area contributed by atoms with Gasteiger partial charge in [-0.15, -0.1) is 0 Å². The zero-order chi connectivity index (χ0) is 25.8. The van der Waals surface area contributed by atoms with E-state index in [0.29, 0.717) is 57.3 Å². The van der Waals surface area contributed by atoms with E-state index in [1.807, 2.05) is 0 Å². The van der Waals surface area contributed by atoms with Crippen LogP contribution in [0.5, 0.6) is 11.5 Å². The average molecular weight is 498 g/mol. The van der Waals surface area contributed by atoms with Crippen molar-refractivity contribution in [1.29, 1.82) is 0 Å². The van der Waals surface area contributed by atoms with Gasteiger partial charge in [-0.25, -0.2) is 0 Å². The van der Waals surface area contributed by atoms with Crippen LogP contribution in [-0.2, 0) is 14.2 Å². The molecule has 2 aromatic carbocycles. The Kier molecular flexibility index (Phi) is 10.1. The largest absolute Gasteiger partial charge is 0.504 e. The van der Waals surface area contributed by atoms with Crippen molar-refractivity contribution in [1.82, 2.24) is 5.32 Å². The SMILES string of the molecule is [N-]=[N+]=NCCOCCOCCOCCNC(=O)c1ccc(-c2cc(=O)c3ccc(O)c(O)c3o2)cc1. The molecular formula is C24H26N4O8. The Morgan fingerprint density at radius 3 is 2.33 bits per heavy atom. The van der Waals surface area contributed by atoms with E-state index in [1.54, 1.807) is 24.3 Å². The highest BCUT2D eigenvalue weighted by Gasteiger charge is 2.14. The first-order valence-corrected chi connectivity index (χ1v) is 11.1. The summed E-state index contributed by atoms with van der Waals surface area (Å²) in [6.07, 6.45) is 0. The zero-order valence-corrected chi connectivity index (χ0v) is 19.4. The second kappa shape index (κ2) is 13.7. The Labute approximate surface area is 205 Å². The van der Waals surface area contributed by atoms with Crippen LogP contribution in [0.4, 0.5) is 0 Å². The molecule has 0 atom stereocenters. The normalized spacial score (nSPS) is 10.8. The highest BCUT2D eigenvalue weighted by atomic mass is 16.5. The molecule has 0 aliphatic rings. The summed E-state index contributed by atoms with van der Waals surface area (Å²) in [6.45, 7) is 2.82. The van der Waals surface area contributed by atoms with Gasteiger partial charge in [0.15, 0.2) is 16.8 Å². The molecule has 3 N–H and O–H groups in total. The fourth-order valence-corrected chi connectivity index (χ4v) is 3.15. The summed E-state index contributed by atoms with van der Waals surface area (Å²) in [5.41, 5.74) is 8.58. The highest BCUT2D eigenvalue weighted by molar-refractivity contribution is 5.94. The minimum Gasteiger partial charge on any atom is -0.504 e. The van der Waals surface area contributed by atoms with Gasteiger partial charge in [0.2, 0.25) is 5.75 Å². The molecule has 1 amide bonds. The number of aromatic hydroxyl groups is 2. The van der Waals surface area contributed by atoms with E-state index in [9.17, 15) is 19.8 Å². The van der Waals surface area contributed by atoms with E-state index in [-0.39, 0.29) is 34.6 Å². The second-order valence-electron chi connectivity index (χ2n) is 7.41. The lowest BCUT2D eigenvalue weighted by atomic mass is 10.1. The number of phenolic OH excluding ortho intramolecular Hbond substituents is 2. The Balaban J connectivity index is 1.39. The van der Waals surface area contributed by atoms with Gasteiger partial charge in [-0.3, -0.25) is 9.59 Å². The van der Waals surface area contributed by atoms with Gasteiger partial charge >= 0.3 is 0 Å². The van der Waals surface area contributed by atoms with Crippen molar-refractivity contribution in [3.63, 3.8) is 0 Å². The summed E-state index contributed by atoms with van der Waals surface area (Å²) in [6, 6.07) is 10.3. The molecule has 0 aliphatic carbocycles. The van der Waals surface area contributed by atoms with Gasteiger partial charge in [0.05, 0.1) is 45.0 Å². The molecule has 12 nitrogen and oxygen atoms in total. The van der Waals surface area contributed by atoms with Gasteiger partial charge in [0, 0.05) is 35.2 Å². The van der Waals surface area contributed by atoms with Crippen LogP contribution >= 0.6 is 0 Å². The third kappa shape index (κ3) is 7.45. The van der Waals surface area contributed by atoms with E-state index in [1.165, 1.54) is 18.2 Å². The number of nitrogens with zero attached hydrogens (tertiary/aromatic N) is 3. The fraction of sp³-hybridized carbons (Fsp3) is 0.333. The van der Waals surface area contributed by atoms with Crippen LogP contribution < -0.4 is 10.7 Å². The maximum absolute atomic E-state index is 12.4. The standard InChI is InChI=1S/C24H26N4O8/c25-28-27-8-10-34-12-14-35-13-11-33-9-7-26-24(32)17-3-1-16(2-4-17)21-15-20(30)18-5-6-19(29)22(31)23(18)36-21/h1-6,15,29,31H,7-14H2,(H,26,32). The summed E-state index contributed by atoms with van der Waals surface area (Å²) in [7, 11) is 0. The number of rotatable bonds is 14. The molecule has 3 rings (SSSR count). The molecule has 190 valence electrons. The number of fused-ring (bicyclic) bond motifs is 1. The van der Waals surface area contributed by atoms with E-state index in [0.717, 1.165) is 0 Å². The molecule has 36 heavy (non-hydrogen) atoms. The molecule has 0 saturated heterocycles. The topological polar surface area (TPSA) is 176 Å². The summed E-state index contributed by atoms with van der Waals surface area (Å²) < 4.78 is 21.6. The molecular weight excluding hydrogens is 472 g/mol. The molecule has 1 heterocycles. The van der Waals surface area contributed by atoms with Crippen LogP contribution in [0.2, 0.25) is 0 Å². The summed E-state index contributed by atoms with van der Waals surface area (Å²) in [4.78, 5) is 27.3. The molecule has 0 spiro atoms. The minimum absolute atomic E-state index is 0.111. The van der Waals surface area contributed by atoms with Crippen LogP contribution in [0.25, 0.3) is 32.7 Å². The molecule has 12 heteroatoms. The molecule has 1 aromatic heterocycles. The summed E-state index contributed by atoms with van der Waals surface area (Å²) in [5.74, 6) is -1.00. The van der Waals surface area contributed by atoms with Crippen molar-refractivity contribution in [2.75, 3.05) is 52.7 Å². The number of phenols is 2. The Hall–Kier alpha value is -4.09. The number of benzene rings is 2. The number of amides is 1. The lowest BCUT2D eigenvalue weighted by Gasteiger charge is -2.08. The second-order valence-corrected chi connectivity index (χ2v) is 7.41. The first kappa shape index (κ1) is 26.5. The minimum atomic E-state index is -0.510. The number of nitrogens with one attached hydrogen (secondary N) is 1. The molecule has 0 saturated carbocycles. The van der Waals surface area contributed by atoms with Gasteiger partial charge in [0.25, 0.3) is 5.91 Å². The summed E-state index contributed by atoms with van der Waals surface area (Å²) >= 11 is 0. The van der Waals surface area contributed by atoms with Crippen LogP contribution in [0, 0.1) is 0 Å². The van der Waals surface area contributed by atoms with E-state index < -0.39 is 11.5 Å². The number of carbonyl (C=O) groups is 1. The number of carbonyl (C=O) groups excluding carboxylic acids is 1. The van der Waals surface area contributed by atoms with Gasteiger partial charge in [-0.1, -0.05) is 17.2 Å². The van der Waals surface area contributed by atoms with Crippen molar-refractivity contribution < 1.29 is 33.6 Å². The molecule has 0 unspecified atom stereocenters. The molecule has 0 aliphatic heterocycles. The number of azide groups is 1. The third-order valence-corrected chi connectivity index (χ3v) is 4.96. The Bertz CT molecular complexity index is 1270. The van der Waals surface area contributed by atoms with Crippen LogP contribution in [-0.4, -0.2) is 68.9 Å². The number of hydrogen-bond donors (Lipinski definition) is 3. The van der Waals surface area contributed by atoms with Gasteiger partial charge in [-0.2, -0.15) is 0 Å². The van der Waals surface area contributed by atoms with Crippen LogP contribution in [0.1, 0.15) is 10.4 Å². The van der Waals surface area contributed by atoms with Crippen molar-refractivity contribution in [3.05, 3.63) is 68.7 Å². The Morgan fingerprint density at radius 2 is 1.64 bits per heavy atom. The van der Waals surface area contributed by atoms with E-state index in [4.69, 9.17) is 24.2 Å². The Morgan fingerprint density at radius 1 is 0.972 bits per heavy atom. The van der Waals surface area contributed by atoms with E-state index >= 15 is 0 Å². The van der Waals surface area contributed by atoms with Gasteiger partial charge in [0.1, 0.15) is 5.76 Å². The first-order valence-electron chi connectivity index (χ1n) is 11.1. The quantitative estimate of drug-likeness (QED) is 0.0998. The van der Waals surface area contributed by atoms with Crippen molar-refractivity contribution in [2.45, 2.75) is 0 Å². The third-order valence-electron chi connectivity index (χ3n) is 4.96. The summed E-state index contributed by atoms with van der Waals surface area (Å²) in [5, 5.41) is 25.9. The van der Waals surface area contributed by atoms with Crippen LogP contribution in [0.3, 0.4) is 0 Å². The molecule has 0 bridgehead atoms. The lowest BCUT2D eigenvalue weighted by Crippen LogP contribution is -2.27. The van der Waals surface area contributed by atoms with Crippen molar-refractivity contribution >= 4 is 16.9 Å². The zero-order valence-electron chi connectivity index (χ0n) is 19.4. The first-order chi connectivity index (χ1) is 17.5. The smallest absolute Gasteiger partial charge is 0.251 e. The van der Waals surface area contributed by atoms with Crippen LogP contribution in [0.15, 0.2) is 56.8 Å². The highest BCUT2D eigenvalue weighted by Crippen LogP contribution is 2.34. The number of hydrogen-bond acceptors (Lipinski definition) is 9. The van der Waals surface area contributed by atoms with E-state index in [2.05, 4.69) is 15.3 Å². The maximum Gasteiger partial charge on any atom is 0.251 e. The van der Waals surface area contributed by atoms with Crippen molar-refractivity contribution in [3.8, 4) is 22.8 Å². The molecule has 3 aromatic rings. The van der Waals surface area contributed by atoms with Gasteiger partial charge < -0.3 is 34.2 Å². The fourth-order valence-electron chi connectivity index (χ4n) is 3.15. The predicted molar refractivity (Wildman–Crippen MR) is 130 cm³/mol. The lowest BCUT2D eigenvalue weighted by molar-refractivity contribution is 0.0166. The van der Waals surface area contributed by atoms with Crippen molar-refractivity contribution in [2.24, 2.45) is 5.11 Å². The number of ether oxygens (including phenoxy) is 3. The molecule has 0 fully saturated rings. The molecule has 0 radical (unpaired) electrons. The average Bonchev–Trinajstić information content (AvgIpc) is 2.89. The maximum atomic E-state index is 12.4. The monoisotopic (exact) mass is 498 g/mol. The van der Waals surface area contributed by atoms with Gasteiger partial charge in [-0.05, 0) is 29.8 Å². The predicted octanol–water partition coefficient (Wildman–Crippen LogP) is 2.96.